The van der Waals surface area contributed by atoms with E-state index in [2.05, 4.69) is 66.2 Å². The first-order chi connectivity index (χ1) is 15.8. The Morgan fingerprint density at radius 3 is 2.26 bits per heavy atom. The highest BCUT2D eigenvalue weighted by molar-refractivity contribution is 5.28. The molecule has 8 heteroatoms. The fourth-order valence-electron chi connectivity index (χ4n) is 5.89. The molecule has 0 aliphatic carbocycles. The lowest BCUT2D eigenvalue weighted by molar-refractivity contribution is -0.148. The van der Waals surface area contributed by atoms with E-state index in [-0.39, 0.29) is 11.5 Å². The first-order valence-electron chi connectivity index (χ1n) is 12.6. The third kappa shape index (κ3) is 4.68. The zero-order chi connectivity index (χ0) is 25.0. The van der Waals surface area contributed by atoms with Crippen LogP contribution in [0.25, 0.3) is 0 Å². The van der Waals surface area contributed by atoms with Gasteiger partial charge in [0.05, 0.1) is 11.4 Å². The van der Waals surface area contributed by atoms with Gasteiger partial charge in [0, 0.05) is 62.7 Å². The SMILES string of the molecule is CC(C)c1nc(C(F)(F)F)n2c1CN(C(C)(C)CC(C)c1ccn3c1CN(C(C)C)CC3)CC2. The number of hydrogen-bond acceptors (Lipinski definition) is 3. The number of halogens is 3. The van der Waals surface area contributed by atoms with Crippen LogP contribution in [-0.2, 0) is 32.4 Å². The lowest BCUT2D eigenvalue weighted by Gasteiger charge is -2.43. The van der Waals surface area contributed by atoms with Gasteiger partial charge >= 0.3 is 6.18 Å². The molecule has 34 heavy (non-hydrogen) atoms. The fourth-order valence-corrected chi connectivity index (χ4v) is 5.89. The maximum Gasteiger partial charge on any atom is 0.449 e. The highest BCUT2D eigenvalue weighted by atomic mass is 19.4. The molecule has 2 aromatic heterocycles. The van der Waals surface area contributed by atoms with Gasteiger partial charge in [0.2, 0.25) is 5.82 Å². The fraction of sp³-hybridized carbons (Fsp3) is 0.731. The van der Waals surface area contributed by atoms with Crippen LogP contribution >= 0.6 is 0 Å². The summed E-state index contributed by atoms with van der Waals surface area (Å²) in [4.78, 5) is 8.93. The second kappa shape index (κ2) is 9.01. The molecule has 2 aliphatic heterocycles. The van der Waals surface area contributed by atoms with Crippen molar-refractivity contribution in [1.29, 1.82) is 0 Å². The Morgan fingerprint density at radius 1 is 0.941 bits per heavy atom. The van der Waals surface area contributed by atoms with Crippen molar-refractivity contribution in [2.75, 3.05) is 13.1 Å². The van der Waals surface area contributed by atoms with Crippen molar-refractivity contribution < 1.29 is 13.2 Å². The van der Waals surface area contributed by atoms with Crippen molar-refractivity contribution in [3.63, 3.8) is 0 Å². The van der Waals surface area contributed by atoms with Crippen LogP contribution in [-0.4, -0.2) is 48.6 Å². The number of imidazole rings is 1. The summed E-state index contributed by atoms with van der Waals surface area (Å²) < 4.78 is 44.7. The van der Waals surface area contributed by atoms with Gasteiger partial charge in [-0.2, -0.15) is 13.2 Å². The lowest BCUT2D eigenvalue weighted by atomic mass is 9.85. The monoisotopic (exact) mass is 479 g/mol. The molecule has 2 aromatic rings. The maximum absolute atomic E-state index is 13.6. The minimum atomic E-state index is -4.42. The largest absolute Gasteiger partial charge is 0.449 e. The molecule has 0 spiro atoms. The van der Waals surface area contributed by atoms with Gasteiger partial charge in [-0.3, -0.25) is 9.80 Å². The third-order valence-corrected chi connectivity index (χ3v) is 7.86. The van der Waals surface area contributed by atoms with Gasteiger partial charge in [0.15, 0.2) is 0 Å². The normalized spacial score (nSPS) is 19.1. The van der Waals surface area contributed by atoms with Gasteiger partial charge in [0.25, 0.3) is 0 Å². The highest BCUT2D eigenvalue weighted by Gasteiger charge is 2.42. The zero-order valence-corrected chi connectivity index (χ0v) is 21.7. The molecule has 0 bridgehead atoms. The van der Waals surface area contributed by atoms with E-state index in [0.717, 1.165) is 31.7 Å². The lowest BCUT2D eigenvalue weighted by Crippen LogP contribution is -2.49. The summed E-state index contributed by atoms with van der Waals surface area (Å²) in [6.45, 7) is 19.6. The van der Waals surface area contributed by atoms with Crippen LogP contribution in [0.15, 0.2) is 12.3 Å². The summed E-state index contributed by atoms with van der Waals surface area (Å²) in [7, 11) is 0. The van der Waals surface area contributed by atoms with E-state index in [1.165, 1.54) is 15.8 Å². The smallest absolute Gasteiger partial charge is 0.349 e. The Bertz CT molecular complexity index is 1010. The molecule has 2 aliphatic rings. The van der Waals surface area contributed by atoms with Crippen molar-refractivity contribution in [2.45, 2.75) is 111 Å². The summed E-state index contributed by atoms with van der Waals surface area (Å²) >= 11 is 0. The summed E-state index contributed by atoms with van der Waals surface area (Å²) in [6.07, 6.45) is -1.26. The van der Waals surface area contributed by atoms with Gasteiger partial charge in [-0.15, -0.1) is 0 Å². The van der Waals surface area contributed by atoms with Gasteiger partial charge in [-0.1, -0.05) is 20.8 Å². The quantitative estimate of drug-likeness (QED) is 0.521. The average molecular weight is 480 g/mol. The Labute approximate surface area is 201 Å². The van der Waals surface area contributed by atoms with E-state index in [0.29, 0.717) is 37.3 Å². The molecule has 1 unspecified atom stereocenters. The minimum absolute atomic E-state index is 0.0453. The summed E-state index contributed by atoms with van der Waals surface area (Å²) in [5.74, 6) is -0.427. The second-order valence-electron chi connectivity index (χ2n) is 11.4. The summed E-state index contributed by atoms with van der Waals surface area (Å²) in [5.41, 5.74) is 3.97. The molecule has 0 aromatic carbocycles. The summed E-state index contributed by atoms with van der Waals surface area (Å²) in [5, 5.41) is 0. The molecule has 0 saturated carbocycles. The van der Waals surface area contributed by atoms with Crippen molar-refractivity contribution in [1.82, 2.24) is 23.9 Å². The summed E-state index contributed by atoms with van der Waals surface area (Å²) in [6, 6.07) is 2.80. The molecule has 4 rings (SSSR count). The molecule has 0 amide bonds. The van der Waals surface area contributed by atoms with Crippen LogP contribution in [0.3, 0.4) is 0 Å². The molecule has 0 N–H and O–H groups in total. The Morgan fingerprint density at radius 2 is 1.65 bits per heavy atom. The van der Waals surface area contributed by atoms with Crippen molar-refractivity contribution >= 4 is 0 Å². The topological polar surface area (TPSA) is 29.2 Å². The third-order valence-electron chi connectivity index (χ3n) is 7.86. The average Bonchev–Trinajstić information content (AvgIpc) is 3.34. The number of rotatable bonds is 6. The number of hydrogen-bond donors (Lipinski definition) is 0. The van der Waals surface area contributed by atoms with Crippen LogP contribution in [0.1, 0.15) is 95.2 Å². The standard InChI is InChI=1S/C26H40F3N5/c1-17(2)23-22-16-33(12-13-34(22)24(30-23)26(27,28)29)25(6,7)14-19(5)20-8-9-31-10-11-32(18(3)4)15-21(20)31/h8-9,17-19H,10-16H2,1-7H3. The molecule has 0 fully saturated rings. The first kappa shape index (κ1) is 25.3. The molecule has 1 atom stereocenters. The van der Waals surface area contributed by atoms with Crippen molar-refractivity contribution in [3.05, 3.63) is 40.7 Å². The van der Waals surface area contributed by atoms with Gasteiger partial charge in [-0.05, 0) is 57.6 Å². The predicted molar refractivity (Wildman–Crippen MR) is 129 cm³/mol. The van der Waals surface area contributed by atoms with Crippen LogP contribution in [0, 0.1) is 0 Å². The highest BCUT2D eigenvalue weighted by Crippen LogP contribution is 2.38. The minimum Gasteiger partial charge on any atom is -0.349 e. The second-order valence-corrected chi connectivity index (χ2v) is 11.4. The molecular formula is C26H40F3N5. The van der Waals surface area contributed by atoms with Gasteiger partial charge in [-0.25, -0.2) is 4.98 Å². The molecule has 0 radical (unpaired) electrons. The predicted octanol–water partition coefficient (Wildman–Crippen LogP) is 5.84. The Hall–Kier alpha value is -1.80. The van der Waals surface area contributed by atoms with E-state index in [1.807, 2.05) is 13.8 Å². The van der Waals surface area contributed by atoms with Crippen LogP contribution < -0.4 is 0 Å². The van der Waals surface area contributed by atoms with Crippen molar-refractivity contribution in [3.8, 4) is 0 Å². The zero-order valence-electron chi connectivity index (χ0n) is 21.7. The Kier molecular flexibility index (Phi) is 6.70. The van der Waals surface area contributed by atoms with Crippen LogP contribution in [0.2, 0.25) is 0 Å². The van der Waals surface area contributed by atoms with E-state index in [1.54, 1.807) is 0 Å². The maximum atomic E-state index is 13.6. The molecule has 0 saturated heterocycles. The number of aromatic nitrogens is 3. The number of fused-ring (bicyclic) bond motifs is 2. The van der Waals surface area contributed by atoms with Crippen LogP contribution in [0.4, 0.5) is 13.2 Å². The first-order valence-corrected chi connectivity index (χ1v) is 12.6. The number of alkyl halides is 3. The Balaban J connectivity index is 1.54. The van der Waals surface area contributed by atoms with Crippen LogP contribution in [0.5, 0.6) is 0 Å². The molecule has 5 nitrogen and oxygen atoms in total. The van der Waals surface area contributed by atoms with E-state index < -0.39 is 12.0 Å². The van der Waals surface area contributed by atoms with Gasteiger partial charge < -0.3 is 9.13 Å². The van der Waals surface area contributed by atoms with Gasteiger partial charge in [0.1, 0.15) is 0 Å². The molecule has 4 heterocycles. The van der Waals surface area contributed by atoms with Crippen molar-refractivity contribution in [2.24, 2.45) is 0 Å². The molecular weight excluding hydrogens is 439 g/mol. The van der Waals surface area contributed by atoms with E-state index in [4.69, 9.17) is 0 Å². The van der Waals surface area contributed by atoms with E-state index >= 15 is 0 Å². The molecule has 190 valence electrons. The number of nitrogens with zero attached hydrogens (tertiary/aromatic N) is 5. The van der Waals surface area contributed by atoms with E-state index in [9.17, 15) is 13.2 Å².